The van der Waals surface area contributed by atoms with Crippen LogP contribution in [0.5, 0.6) is 0 Å². The first-order valence-electron chi connectivity index (χ1n) is 25.3. The Bertz CT molecular complexity index is 1280. The molecule has 0 fully saturated rings. The summed E-state index contributed by atoms with van der Waals surface area (Å²) in [6, 6.07) is 0. The van der Waals surface area contributed by atoms with Gasteiger partial charge < -0.3 is 18.9 Å². The Morgan fingerprint density at radius 2 is 0.921 bits per heavy atom. The second kappa shape index (κ2) is 46.2. The van der Waals surface area contributed by atoms with E-state index in [4.69, 9.17) is 18.5 Å². The second-order valence-electron chi connectivity index (χ2n) is 17.8. The third-order valence-electron chi connectivity index (χ3n) is 10.4. The van der Waals surface area contributed by atoms with E-state index in [2.05, 4.69) is 98.9 Å². The lowest BCUT2D eigenvalue weighted by Crippen LogP contribution is -2.37. The minimum atomic E-state index is -4.29. The highest BCUT2D eigenvalue weighted by molar-refractivity contribution is 7.47. The maximum atomic E-state index is 12.8. The predicted octanol–water partition coefficient (Wildman–Crippen LogP) is 15.6. The molecule has 0 aliphatic carbocycles. The van der Waals surface area contributed by atoms with Crippen LogP contribution < -0.4 is 0 Å². The number of phosphoric ester groups is 1. The van der Waals surface area contributed by atoms with Gasteiger partial charge in [0, 0.05) is 13.0 Å². The van der Waals surface area contributed by atoms with Crippen molar-refractivity contribution in [1.29, 1.82) is 0 Å². The van der Waals surface area contributed by atoms with Crippen LogP contribution in [0.25, 0.3) is 0 Å². The number of carbonyl (C=O) groups excluding carboxylic acids is 1. The average molecular weight is 903 g/mol. The molecule has 0 saturated carbocycles. The number of quaternary nitrogens is 1. The molecule has 0 aromatic carbocycles. The van der Waals surface area contributed by atoms with Crippen molar-refractivity contribution in [3.63, 3.8) is 0 Å². The highest BCUT2D eigenvalue weighted by Gasteiger charge is 2.26. The van der Waals surface area contributed by atoms with Gasteiger partial charge in [0.1, 0.15) is 19.3 Å². The van der Waals surface area contributed by atoms with E-state index < -0.39 is 13.9 Å². The van der Waals surface area contributed by atoms with Crippen LogP contribution in [-0.4, -0.2) is 75.6 Å². The van der Waals surface area contributed by atoms with Gasteiger partial charge in [-0.05, 0) is 89.9 Å². The molecule has 0 amide bonds. The number of ether oxygens (including phenoxy) is 2. The smallest absolute Gasteiger partial charge is 0.457 e. The molecular formula is C54H97NO7P+. The van der Waals surface area contributed by atoms with Crippen LogP contribution in [0.15, 0.2) is 85.1 Å². The SMILES string of the molecule is CC/C=C\C/C=C\C/C=C\C/C=C\CCCCCCCCCCCOCC(COP(=O)(O)OCC[N+](C)(C)C)OC(=O)CCCCCCCC/C=C\C/C=C\C/C=C\CCCCC. The molecular weight excluding hydrogens is 806 g/mol. The third-order valence-corrected chi connectivity index (χ3v) is 11.4. The highest BCUT2D eigenvalue weighted by atomic mass is 31.2. The van der Waals surface area contributed by atoms with E-state index in [-0.39, 0.29) is 25.8 Å². The van der Waals surface area contributed by atoms with Gasteiger partial charge in [0.15, 0.2) is 0 Å². The number of allylic oxidation sites excluding steroid dienone is 14. The molecule has 0 heterocycles. The zero-order valence-corrected chi connectivity index (χ0v) is 42.2. The highest BCUT2D eigenvalue weighted by Crippen LogP contribution is 2.43. The molecule has 0 rings (SSSR count). The minimum Gasteiger partial charge on any atom is -0.457 e. The molecule has 63 heavy (non-hydrogen) atoms. The summed E-state index contributed by atoms with van der Waals surface area (Å²) in [4.78, 5) is 23.0. The lowest BCUT2D eigenvalue weighted by Gasteiger charge is -2.24. The molecule has 0 aliphatic rings. The van der Waals surface area contributed by atoms with Gasteiger partial charge in [0.2, 0.25) is 0 Å². The zero-order valence-electron chi connectivity index (χ0n) is 41.3. The van der Waals surface area contributed by atoms with E-state index in [9.17, 15) is 14.3 Å². The van der Waals surface area contributed by atoms with Crippen LogP contribution in [-0.2, 0) is 27.9 Å². The number of esters is 1. The molecule has 0 radical (unpaired) electrons. The topological polar surface area (TPSA) is 91.3 Å². The first-order chi connectivity index (χ1) is 30.6. The first kappa shape index (κ1) is 60.7. The molecule has 0 aromatic rings. The van der Waals surface area contributed by atoms with Crippen molar-refractivity contribution in [2.24, 2.45) is 0 Å². The number of unbranched alkanes of at least 4 members (excludes halogenated alkanes) is 18. The van der Waals surface area contributed by atoms with Crippen LogP contribution in [0.1, 0.15) is 194 Å². The molecule has 0 aliphatic heterocycles. The van der Waals surface area contributed by atoms with Crippen LogP contribution in [0.3, 0.4) is 0 Å². The van der Waals surface area contributed by atoms with Gasteiger partial charge in [-0.25, -0.2) is 4.57 Å². The number of nitrogens with zero attached hydrogens (tertiary/aromatic N) is 1. The van der Waals surface area contributed by atoms with Crippen molar-refractivity contribution < 1.29 is 37.3 Å². The largest absolute Gasteiger partial charge is 0.472 e. The summed E-state index contributed by atoms with van der Waals surface area (Å²) in [5.41, 5.74) is 0. The molecule has 9 heteroatoms. The number of rotatable bonds is 46. The molecule has 2 atom stereocenters. The predicted molar refractivity (Wildman–Crippen MR) is 270 cm³/mol. The van der Waals surface area contributed by atoms with Crippen molar-refractivity contribution in [1.82, 2.24) is 0 Å². The van der Waals surface area contributed by atoms with Gasteiger partial charge in [-0.2, -0.15) is 0 Å². The summed E-state index contributed by atoms with van der Waals surface area (Å²) in [6.45, 7) is 5.44. The Labute approximate surface area is 388 Å². The normalized spacial score (nSPS) is 14.3. The maximum absolute atomic E-state index is 12.8. The van der Waals surface area contributed by atoms with Crippen molar-refractivity contribution >= 4 is 13.8 Å². The fourth-order valence-electron chi connectivity index (χ4n) is 6.55. The number of carbonyl (C=O) groups is 1. The molecule has 0 bridgehead atoms. The van der Waals surface area contributed by atoms with Gasteiger partial charge in [-0.1, -0.05) is 182 Å². The lowest BCUT2D eigenvalue weighted by molar-refractivity contribution is -0.870. The van der Waals surface area contributed by atoms with Crippen molar-refractivity contribution in [2.75, 3.05) is 54.1 Å². The molecule has 364 valence electrons. The number of likely N-dealkylation sites (N-methyl/N-ethyl adjacent to an activating group) is 1. The zero-order chi connectivity index (χ0) is 46.2. The Hall–Kier alpha value is -2.32. The Balaban J connectivity index is 4.21. The number of hydrogen-bond acceptors (Lipinski definition) is 6. The monoisotopic (exact) mass is 903 g/mol. The minimum absolute atomic E-state index is 0.0801. The third kappa shape index (κ3) is 50.5. The van der Waals surface area contributed by atoms with E-state index in [0.29, 0.717) is 24.1 Å². The second-order valence-corrected chi connectivity index (χ2v) is 19.3. The van der Waals surface area contributed by atoms with Gasteiger partial charge in [-0.15, -0.1) is 0 Å². The summed E-state index contributed by atoms with van der Waals surface area (Å²) < 4.78 is 35.1. The fourth-order valence-corrected chi connectivity index (χ4v) is 7.29. The summed E-state index contributed by atoms with van der Waals surface area (Å²) in [5, 5.41) is 0. The van der Waals surface area contributed by atoms with Crippen LogP contribution in [0, 0.1) is 0 Å². The molecule has 2 unspecified atom stereocenters. The van der Waals surface area contributed by atoms with Crippen molar-refractivity contribution in [3.8, 4) is 0 Å². The average Bonchev–Trinajstić information content (AvgIpc) is 3.24. The fraction of sp³-hybridized carbons (Fsp3) is 0.722. The molecule has 0 aromatic heterocycles. The summed E-state index contributed by atoms with van der Waals surface area (Å²) in [5.74, 6) is -0.331. The first-order valence-corrected chi connectivity index (χ1v) is 26.8. The molecule has 0 saturated heterocycles. The van der Waals surface area contributed by atoms with Crippen LogP contribution in [0.2, 0.25) is 0 Å². The quantitative estimate of drug-likeness (QED) is 0.0214. The van der Waals surface area contributed by atoms with Crippen molar-refractivity contribution in [2.45, 2.75) is 200 Å². The van der Waals surface area contributed by atoms with E-state index in [1.165, 1.54) is 89.9 Å². The summed E-state index contributed by atoms with van der Waals surface area (Å²) in [7, 11) is 1.64. The van der Waals surface area contributed by atoms with E-state index in [1.807, 2.05) is 21.1 Å². The molecule has 0 spiro atoms. The Kier molecular flexibility index (Phi) is 44.5. The van der Waals surface area contributed by atoms with Crippen LogP contribution >= 0.6 is 7.82 Å². The van der Waals surface area contributed by atoms with Gasteiger partial charge in [0.05, 0.1) is 34.4 Å². The lowest BCUT2D eigenvalue weighted by atomic mass is 10.1. The van der Waals surface area contributed by atoms with Gasteiger partial charge in [-0.3, -0.25) is 13.8 Å². The maximum Gasteiger partial charge on any atom is 0.472 e. The van der Waals surface area contributed by atoms with E-state index >= 15 is 0 Å². The van der Waals surface area contributed by atoms with E-state index in [1.54, 1.807) is 0 Å². The van der Waals surface area contributed by atoms with Crippen molar-refractivity contribution in [3.05, 3.63) is 85.1 Å². The summed E-state index contributed by atoms with van der Waals surface area (Å²) in [6.07, 6.45) is 61.9. The Morgan fingerprint density at radius 1 is 0.508 bits per heavy atom. The standard InChI is InChI=1S/C54H96NO7P/c1-6-8-10-12-14-16-18-20-22-24-26-27-28-30-32-34-36-38-40-42-44-46-49-59-51-53(52-61-63(57,58)60-50-48-55(3,4)5)62-54(56)47-45-43-41-39-37-35-33-31-29-25-23-21-19-17-15-13-11-9-7-2/h8,10,14-17,20-23,26-27,29,31,53H,6-7,9,11-13,18-19,24-25,28,30,32-52H2,1-5H3/p+1/b10-8-,16-14-,17-15-,22-20-,23-21-,27-26-,31-29-. The summed E-state index contributed by atoms with van der Waals surface area (Å²) >= 11 is 0. The molecule has 8 nitrogen and oxygen atoms in total. The van der Waals surface area contributed by atoms with Gasteiger partial charge >= 0.3 is 13.8 Å². The van der Waals surface area contributed by atoms with Gasteiger partial charge in [0.25, 0.3) is 0 Å². The number of phosphoric acid groups is 1. The van der Waals surface area contributed by atoms with Crippen LogP contribution in [0.4, 0.5) is 0 Å². The van der Waals surface area contributed by atoms with E-state index in [0.717, 1.165) is 83.5 Å². The number of hydrogen-bond donors (Lipinski definition) is 1. The molecule has 1 N–H and O–H groups in total. The Morgan fingerprint density at radius 3 is 1.38 bits per heavy atom.